The van der Waals surface area contributed by atoms with Gasteiger partial charge in [-0.25, -0.2) is 9.07 Å². The summed E-state index contributed by atoms with van der Waals surface area (Å²) in [5.41, 5.74) is 3.06. The van der Waals surface area contributed by atoms with E-state index in [1.54, 1.807) is 29.7 Å². The minimum Gasteiger partial charge on any atom is -0.480 e. The summed E-state index contributed by atoms with van der Waals surface area (Å²) in [6.07, 6.45) is 0. The Hall–Kier alpha value is -4.26. The van der Waals surface area contributed by atoms with E-state index in [0.29, 0.717) is 38.6 Å². The Labute approximate surface area is 188 Å². The molecule has 0 fully saturated rings. The van der Waals surface area contributed by atoms with Crippen molar-refractivity contribution in [1.82, 2.24) is 14.3 Å². The number of benzene rings is 3. The SMILES string of the molecule is Cc1c(-c2nn(Cc3ccccc3)c(=O)c3ccccc23)c2cc(F)ccc2n1CC(=O)O. The van der Waals surface area contributed by atoms with E-state index in [1.165, 1.54) is 16.8 Å². The van der Waals surface area contributed by atoms with Gasteiger partial charge in [-0.15, -0.1) is 0 Å². The lowest BCUT2D eigenvalue weighted by Crippen LogP contribution is -2.24. The highest BCUT2D eigenvalue weighted by Crippen LogP contribution is 2.36. The van der Waals surface area contributed by atoms with Crippen LogP contribution >= 0.6 is 0 Å². The van der Waals surface area contributed by atoms with E-state index in [2.05, 4.69) is 0 Å². The van der Waals surface area contributed by atoms with Crippen LogP contribution in [0.2, 0.25) is 0 Å². The average Bonchev–Trinajstić information content (AvgIpc) is 3.06. The van der Waals surface area contributed by atoms with E-state index in [-0.39, 0.29) is 18.6 Å². The van der Waals surface area contributed by atoms with Crippen LogP contribution in [0.15, 0.2) is 77.6 Å². The molecule has 0 radical (unpaired) electrons. The molecule has 164 valence electrons. The maximum atomic E-state index is 14.3. The zero-order valence-electron chi connectivity index (χ0n) is 17.8. The number of fused-ring (bicyclic) bond motifs is 2. The Balaban J connectivity index is 1.85. The normalized spacial score (nSPS) is 11.3. The van der Waals surface area contributed by atoms with Crippen molar-refractivity contribution in [3.8, 4) is 11.3 Å². The monoisotopic (exact) mass is 441 g/mol. The zero-order chi connectivity index (χ0) is 23.1. The molecule has 0 spiro atoms. The Kier molecular flexibility index (Phi) is 5.01. The van der Waals surface area contributed by atoms with Crippen LogP contribution in [0.3, 0.4) is 0 Å². The van der Waals surface area contributed by atoms with E-state index in [9.17, 15) is 19.1 Å². The van der Waals surface area contributed by atoms with Crippen LogP contribution in [0.1, 0.15) is 11.3 Å². The summed E-state index contributed by atoms with van der Waals surface area (Å²) in [5.74, 6) is -1.43. The van der Waals surface area contributed by atoms with Gasteiger partial charge in [0.2, 0.25) is 0 Å². The second-order valence-electron chi connectivity index (χ2n) is 7.94. The summed E-state index contributed by atoms with van der Waals surface area (Å²) >= 11 is 0. The number of hydrogen-bond acceptors (Lipinski definition) is 3. The van der Waals surface area contributed by atoms with Crippen LogP contribution < -0.4 is 5.56 Å². The molecule has 1 N–H and O–H groups in total. The first-order valence-corrected chi connectivity index (χ1v) is 10.5. The van der Waals surface area contributed by atoms with Gasteiger partial charge in [-0.1, -0.05) is 48.5 Å². The van der Waals surface area contributed by atoms with Crippen LogP contribution in [0.25, 0.3) is 32.9 Å². The average molecular weight is 441 g/mol. The summed E-state index contributed by atoms with van der Waals surface area (Å²) in [7, 11) is 0. The van der Waals surface area contributed by atoms with Gasteiger partial charge in [0.15, 0.2) is 0 Å². The molecule has 5 rings (SSSR count). The van der Waals surface area contributed by atoms with E-state index >= 15 is 0 Å². The highest BCUT2D eigenvalue weighted by Gasteiger charge is 2.22. The largest absolute Gasteiger partial charge is 0.480 e. The molecule has 33 heavy (non-hydrogen) atoms. The number of halogens is 1. The van der Waals surface area contributed by atoms with Crippen LogP contribution in [-0.4, -0.2) is 25.4 Å². The molecule has 3 aromatic carbocycles. The van der Waals surface area contributed by atoms with Crippen LogP contribution in [-0.2, 0) is 17.9 Å². The quantitative estimate of drug-likeness (QED) is 0.433. The van der Waals surface area contributed by atoms with Crippen molar-refractivity contribution < 1.29 is 14.3 Å². The number of hydrogen-bond donors (Lipinski definition) is 1. The zero-order valence-corrected chi connectivity index (χ0v) is 17.8. The number of carboxylic acid groups (broad SMARTS) is 1. The molecule has 6 nitrogen and oxygen atoms in total. The molecule has 2 heterocycles. The van der Waals surface area contributed by atoms with Gasteiger partial charge in [0, 0.05) is 27.5 Å². The van der Waals surface area contributed by atoms with E-state index in [4.69, 9.17) is 5.10 Å². The molecule has 0 unspecified atom stereocenters. The smallest absolute Gasteiger partial charge is 0.323 e. The highest BCUT2D eigenvalue weighted by molar-refractivity contribution is 6.05. The van der Waals surface area contributed by atoms with Crippen molar-refractivity contribution in [2.45, 2.75) is 20.0 Å². The first-order valence-electron chi connectivity index (χ1n) is 10.5. The summed E-state index contributed by atoms with van der Waals surface area (Å²) in [6.45, 7) is 1.80. The van der Waals surface area contributed by atoms with Crippen LogP contribution in [0, 0.1) is 12.7 Å². The number of nitrogens with zero attached hydrogens (tertiary/aromatic N) is 3. The molecular formula is C26H20FN3O3. The fraction of sp³-hybridized carbons (Fsp3) is 0.115. The number of rotatable bonds is 5. The number of carbonyl (C=O) groups is 1. The first kappa shape index (κ1) is 20.6. The minimum atomic E-state index is -1.00. The predicted octanol–water partition coefficient (Wildman–Crippen LogP) is 4.60. The van der Waals surface area contributed by atoms with Gasteiger partial charge in [-0.05, 0) is 36.8 Å². The molecule has 0 saturated heterocycles. The maximum Gasteiger partial charge on any atom is 0.323 e. The lowest BCUT2D eigenvalue weighted by atomic mass is 10.0. The molecule has 7 heteroatoms. The molecule has 5 aromatic rings. The molecule has 0 aliphatic rings. The predicted molar refractivity (Wildman–Crippen MR) is 125 cm³/mol. The van der Waals surface area contributed by atoms with Gasteiger partial charge in [0.25, 0.3) is 5.56 Å². The van der Waals surface area contributed by atoms with Crippen molar-refractivity contribution in [1.29, 1.82) is 0 Å². The third-order valence-electron chi connectivity index (χ3n) is 5.86. The van der Waals surface area contributed by atoms with Gasteiger partial charge < -0.3 is 9.67 Å². The second-order valence-corrected chi connectivity index (χ2v) is 7.94. The van der Waals surface area contributed by atoms with Gasteiger partial charge >= 0.3 is 5.97 Å². The summed E-state index contributed by atoms with van der Waals surface area (Å²) < 4.78 is 17.3. The third kappa shape index (κ3) is 3.57. The highest BCUT2D eigenvalue weighted by atomic mass is 19.1. The molecule has 0 aliphatic heterocycles. The van der Waals surface area contributed by atoms with Crippen molar-refractivity contribution in [2.24, 2.45) is 0 Å². The second kappa shape index (κ2) is 8.02. The fourth-order valence-electron chi connectivity index (χ4n) is 4.38. The van der Waals surface area contributed by atoms with E-state index < -0.39 is 11.8 Å². The van der Waals surface area contributed by atoms with Gasteiger partial charge in [-0.3, -0.25) is 9.59 Å². The third-order valence-corrected chi connectivity index (χ3v) is 5.86. The van der Waals surface area contributed by atoms with E-state index in [0.717, 1.165) is 5.56 Å². The summed E-state index contributed by atoms with van der Waals surface area (Å²) in [4.78, 5) is 24.8. The van der Waals surface area contributed by atoms with Crippen LogP contribution in [0.5, 0.6) is 0 Å². The lowest BCUT2D eigenvalue weighted by molar-refractivity contribution is -0.137. The van der Waals surface area contributed by atoms with Gasteiger partial charge in [0.1, 0.15) is 18.1 Å². The standard InChI is InChI=1S/C26H20FN3O3/c1-16-24(21-13-18(27)11-12-22(21)29(16)15-23(31)32)25-19-9-5-6-10-20(19)26(33)30(28-25)14-17-7-3-2-4-8-17/h2-13H,14-15H2,1H3,(H,31,32). The van der Waals surface area contributed by atoms with Crippen LogP contribution in [0.4, 0.5) is 4.39 Å². The molecule has 0 atom stereocenters. The molecule has 0 aliphatic carbocycles. The Morgan fingerprint density at radius 3 is 2.39 bits per heavy atom. The fourth-order valence-corrected chi connectivity index (χ4v) is 4.38. The van der Waals surface area contributed by atoms with Crippen molar-refractivity contribution in [2.75, 3.05) is 0 Å². The first-order chi connectivity index (χ1) is 15.9. The van der Waals surface area contributed by atoms with Gasteiger partial charge in [0.05, 0.1) is 11.9 Å². The topological polar surface area (TPSA) is 77.1 Å². The molecule has 0 amide bonds. The van der Waals surface area contributed by atoms with E-state index in [1.807, 2.05) is 42.5 Å². The van der Waals surface area contributed by atoms with Crippen molar-refractivity contribution in [3.05, 3.63) is 100 Å². The summed E-state index contributed by atoms with van der Waals surface area (Å²) in [5, 5.41) is 15.8. The maximum absolute atomic E-state index is 14.3. The number of aromatic nitrogens is 3. The number of carboxylic acids is 1. The molecule has 0 bridgehead atoms. The molecule has 2 aromatic heterocycles. The summed E-state index contributed by atoms with van der Waals surface area (Å²) in [6, 6.07) is 21.0. The Bertz CT molecular complexity index is 1590. The van der Waals surface area contributed by atoms with Crippen molar-refractivity contribution in [3.63, 3.8) is 0 Å². The molecular weight excluding hydrogens is 421 g/mol. The Morgan fingerprint density at radius 1 is 0.970 bits per heavy atom. The Morgan fingerprint density at radius 2 is 1.67 bits per heavy atom. The number of aliphatic carboxylic acids is 1. The van der Waals surface area contributed by atoms with Crippen molar-refractivity contribution >= 4 is 27.6 Å². The van der Waals surface area contributed by atoms with Gasteiger partial charge in [-0.2, -0.15) is 5.10 Å². The minimum absolute atomic E-state index is 0.226. The molecule has 0 saturated carbocycles. The lowest BCUT2D eigenvalue weighted by Gasteiger charge is -2.12.